The molecule has 2 atom stereocenters. The molecule has 10 heteroatoms. The van der Waals surface area contributed by atoms with E-state index < -0.39 is 58.8 Å². The van der Waals surface area contributed by atoms with E-state index in [1.807, 2.05) is 0 Å². The predicted octanol–water partition coefficient (Wildman–Crippen LogP) is 1.57. The van der Waals surface area contributed by atoms with Gasteiger partial charge in [-0.05, 0) is 37.6 Å². The summed E-state index contributed by atoms with van der Waals surface area (Å²) >= 11 is 0. The van der Waals surface area contributed by atoms with Crippen molar-refractivity contribution in [3.05, 3.63) is 58.1 Å². The standard InChI is InChI=1S/C24H23NO9/c1-4-34-23(33)24(25-12(3)26,11(2)22(31)32)10-13-8-15-19(17(28)9-13)21(30)18-14(20(15)29)6-5-7-16(18)27/h5-9,11,27-28H,4,10H2,1-3H3,(H,25,26)(H,31,32). The van der Waals surface area contributed by atoms with Gasteiger partial charge in [-0.3, -0.25) is 19.2 Å². The summed E-state index contributed by atoms with van der Waals surface area (Å²) in [5.41, 5.74) is -2.76. The lowest BCUT2D eigenvalue weighted by atomic mass is 9.77. The summed E-state index contributed by atoms with van der Waals surface area (Å²) in [5.74, 6) is -6.96. The maximum atomic E-state index is 13.1. The molecule has 3 rings (SSSR count). The lowest BCUT2D eigenvalue weighted by molar-refractivity contribution is -0.162. The van der Waals surface area contributed by atoms with Gasteiger partial charge in [0.1, 0.15) is 11.5 Å². The molecule has 0 radical (unpaired) electrons. The zero-order valence-electron chi connectivity index (χ0n) is 18.7. The fraction of sp³-hybridized carbons (Fsp3) is 0.292. The van der Waals surface area contributed by atoms with Crippen LogP contribution in [-0.2, 0) is 25.5 Å². The molecule has 2 aromatic rings. The molecule has 0 spiro atoms. The van der Waals surface area contributed by atoms with Crippen molar-refractivity contribution < 1.29 is 44.0 Å². The van der Waals surface area contributed by atoms with Gasteiger partial charge in [-0.25, -0.2) is 4.79 Å². The number of rotatable bonds is 7. The van der Waals surface area contributed by atoms with Crippen molar-refractivity contribution in [1.29, 1.82) is 0 Å². The van der Waals surface area contributed by atoms with E-state index in [-0.39, 0.29) is 34.4 Å². The Morgan fingerprint density at radius 3 is 2.26 bits per heavy atom. The molecule has 0 saturated carbocycles. The average Bonchev–Trinajstić information content (AvgIpc) is 2.75. The number of phenols is 2. The molecule has 4 N–H and O–H groups in total. The van der Waals surface area contributed by atoms with Crippen LogP contribution in [0.2, 0.25) is 0 Å². The van der Waals surface area contributed by atoms with E-state index in [0.29, 0.717) is 0 Å². The van der Waals surface area contributed by atoms with Crippen LogP contribution in [0.3, 0.4) is 0 Å². The van der Waals surface area contributed by atoms with Gasteiger partial charge in [0.15, 0.2) is 11.3 Å². The molecule has 1 aliphatic carbocycles. The first kappa shape index (κ1) is 24.4. The molecule has 0 bridgehead atoms. The summed E-state index contributed by atoms with van der Waals surface area (Å²) in [6.45, 7) is 3.76. The normalized spacial score (nSPS) is 14.9. The Balaban J connectivity index is 2.18. The zero-order chi connectivity index (χ0) is 25.4. The number of aliphatic carboxylic acids is 1. The highest BCUT2D eigenvalue weighted by atomic mass is 16.5. The quantitative estimate of drug-likeness (QED) is 0.376. The molecule has 2 aromatic carbocycles. The first-order valence-electron chi connectivity index (χ1n) is 10.4. The molecule has 0 aliphatic heterocycles. The molecular formula is C24H23NO9. The van der Waals surface area contributed by atoms with Gasteiger partial charge >= 0.3 is 11.9 Å². The van der Waals surface area contributed by atoms with Crippen molar-refractivity contribution in [2.45, 2.75) is 32.7 Å². The van der Waals surface area contributed by atoms with E-state index in [1.54, 1.807) is 0 Å². The molecular weight excluding hydrogens is 446 g/mol. The second-order valence-electron chi connectivity index (χ2n) is 8.01. The van der Waals surface area contributed by atoms with Gasteiger partial charge in [-0.1, -0.05) is 12.1 Å². The SMILES string of the molecule is CCOC(=O)C(Cc1cc(O)c2c(c1)C(=O)c1cccc(O)c1C2=O)(NC(C)=O)C(C)C(=O)O. The first-order chi connectivity index (χ1) is 15.9. The lowest BCUT2D eigenvalue weighted by Gasteiger charge is -2.35. The molecule has 178 valence electrons. The second-order valence-corrected chi connectivity index (χ2v) is 8.01. The number of aromatic hydroxyl groups is 2. The van der Waals surface area contributed by atoms with Crippen LogP contribution in [0.15, 0.2) is 30.3 Å². The van der Waals surface area contributed by atoms with Crippen LogP contribution in [0, 0.1) is 5.92 Å². The van der Waals surface area contributed by atoms with Gasteiger partial charge in [0.2, 0.25) is 11.7 Å². The molecule has 0 saturated heterocycles. The van der Waals surface area contributed by atoms with Crippen molar-refractivity contribution in [2.75, 3.05) is 6.61 Å². The highest BCUT2D eigenvalue weighted by Crippen LogP contribution is 2.38. The van der Waals surface area contributed by atoms with Crippen LogP contribution in [0.5, 0.6) is 11.5 Å². The molecule has 34 heavy (non-hydrogen) atoms. The highest BCUT2D eigenvalue weighted by Gasteiger charge is 2.49. The van der Waals surface area contributed by atoms with Crippen LogP contribution in [0.25, 0.3) is 0 Å². The minimum atomic E-state index is -2.06. The number of fused-ring (bicyclic) bond motifs is 2. The summed E-state index contributed by atoms with van der Waals surface area (Å²) in [4.78, 5) is 62.8. The van der Waals surface area contributed by atoms with Gasteiger partial charge < -0.3 is 25.4 Å². The predicted molar refractivity (Wildman–Crippen MR) is 117 cm³/mol. The Morgan fingerprint density at radius 2 is 1.68 bits per heavy atom. The maximum absolute atomic E-state index is 13.1. The fourth-order valence-electron chi connectivity index (χ4n) is 4.16. The largest absolute Gasteiger partial charge is 0.507 e. The summed E-state index contributed by atoms with van der Waals surface area (Å²) in [5, 5.41) is 32.8. The highest BCUT2D eigenvalue weighted by molar-refractivity contribution is 6.30. The lowest BCUT2D eigenvalue weighted by Crippen LogP contribution is -2.62. The fourth-order valence-corrected chi connectivity index (χ4v) is 4.16. The van der Waals surface area contributed by atoms with Crippen LogP contribution < -0.4 is 5.32 Å². The van der Waals surface area contributed by atoms with Crippen molar-refractivity contribution in [2.24, 2.45) is 5.92 Å². The first-order valence-corrected chi connectivity index (χ1v) is 10.4. The summed E-state index contributed by atoms with van der Waals surface area (Å²) in [6.07, 6.45) is -0.450. The number of esters is 1. The van der Waals surface area contributed by atoms with Gasteiger partial charge in [0.25, 0.3) is 0 Å². The monoisotopic (exact) mass is 469 g/mol. The molecule has 0 heterocycles. The molecule has 1 aliphatic rings. The summed E-state index contributed by atoms with van der Waals surface area (Å²) in [6, 6.07) is 6.36. The second kappa shape index (κ2) is 8.97. The molecule has 10 nitrogen and oxygen atoms in total. The van der Waals surface area contributed by atoms with Crippen molar-refractivity contribution >= 4 is 29.4 Å². The van der Waals surface area contributed by atoms with Crippen LogP contribution in [0.4, 0.5) is 0 Å². The van der Waals surface area contributed by atoms with Crippen LogP contribution >= 0.6 is 0 Å². The minimum absolute atomic E-state index is 0.0635. The number of phenolic OH excluding ortho intramolecular Hbond substituents is 2. The third-order valence-corrected chi connectivity index (χ3v) is 5.79. The number of nitrogens with one attached hydrogen (secondary N) is 1. The van der Waals surface area contributed by atoms with E-state index in [1.165, 1.54) is 38.1 Å². The Hall–Kier alpha value is -4.21. The van der Waals surface area contributed by atoms with E-state index >= 15 is 0 Å². The third kappa shape index (κ3) is 3.98. The van der Waals surface area contributed by atoms with Gasteiger partial charge in [-0.2, -0.15) is 0 Å². The number of carbonyl (C=O) groups excluding carboxylic acids is 4. The average molecular weight is 469 g/mol. The smallest absolute Gasteiger partial charge is 0.333 e. The number of hydrogen-bond acceptors (Lipinski definition) is 8. The van der Waals surface area contributed by atoms with E-state index in [0.717, 1.165) is 13.0 Å². The molecule has 2 unspecified atom stereocenters. The van der Waals surface area contributed by atoms with Crippen LogP contribution in [0.1, 0.15) is 58.2 Å². The Morgan fingerprint density at radius 1 is 1.03 bits per heavy atom. The summed E-state index contributed by atoms with van der Waals surface area (Å²) in [7, 11) is 0. The van der Waals surface area contributed by atoms with Gasteiger partial charge in [-0.15, -0.1) is 0 Å². The molecule has 1 amide bonds. The van der Waals surface area contributed by atoms with Gasteiger partial charge in [0.05, 0.1) is 23.7 Å². The van der Waals surface area contributed by atoms with E-state index in [9.17, 15) is 39.3 Å². The van der Waals surface area contributed by atoms with Gasteiger partial charge in [0, 0.05) is 24.5 Å². The number of benzene rings is 2. The number of hydrogen-bond donors (Lipinski definition) is 4. The maximum Gasteiger partial charge on any atom is 0.333 e. The van der Waals surface area contributed by atoms with E-state index in [2.05, 4.69) is 5.32 Å². The van der Waals surface area contributed by atoms with Crippen molar-refractivity contribution in [3.63, 3.8) is 0 Å². The van der Waals surface area contributed by atoms with E-state index in [4.69, 9.17) is 4.74 Å². The number of carboxylic acids is 1. The number of carbonyl (C=O) groups is 5. The Bertz CT molecular complexity index is 1230. The summed E-state index contributed by atoms with van der Waals surface area (Å²) < 4.78 is 5.06. The topological polar surface area (TPSA) is 167 Å². The Labute approximate surface area is 194 Å². The number of ketones is 2. The number of ether oxygens (including phenoxy) is 1. The minimum Gasteiger partial charge on any atom is -0.507 e. The van der Waals surface area contributed by atoms with Crippen molar-refractivity contribution in [1.82, 2.24) is 5.32 Å². The van der Waals surface area contributed by atoms with Crippen LogP contribution in [-0.4, -0.2) is 56.9 Å². The number of carboxylic acid groups (broad SMARTS) is 1. The molecule has 0 aromatic heterocycles. The van der Waals surface area contributed by atoms with Crippen molar-refractivity contribution in [3.8, 4) is 11.5 Å². The zero-order valence-corrected chi connectivity index (χ0v) is 18.7. The molecule has 0 fully saturated rings. The number of amides is 1. The Kier molecular flexibility index (Phi) is 6.45. The third-order valence-electron chi connectivity index (χ3n) is 5.79.